The summed E-state index contributed by atoms with van der Waals surface area (Å²) >= 11 is 6.93. The maximum absolute atomic E-state index is 13.3. The van der Waals surface area contributed by atoms with Crippen LogP contribution in [-0.2, 0) is 9.59 Å². The topological polar surface area (TPSA) is 91.5 Å². The van der Waals surface area contributed by atoms with Crippen molar-refractivity contribution in [2.75, 3.05) is 13.2 Å². The van der Waals surface area contributed by atoms with E-state index in [1.807, 2.05) is 0 Å². The largest absolute Gasteiger partial charge is 0.484 e. The number of carbonyl (C=O) groups is 2. The zero-order valence-electron chi connectivity index (χ0n) is 13.7. The van der Waals surface area contributed by atoms with Crippen molar-refractivity contribution in [2.45, 2.75) is 36.4 Å². The minimum Gasteiger partial charge on any atom is -0.484 e. The third-order valence-corrected chi connectivity index (χ3v) is 5.98. The van der Waals surface area contributed by atoms with Gasteiger partial charge in [-0.1, -0.05) is 11.6 Å². The summed E-state index contributed by atoms with van der Waals surface area (Å²) in [4.78, 5) is 24.2. The summed E-state index contributed by atoms with van der Waals surface area (Å²) in [5.74, 6) is -0.626. The van der Waals surface area contributed by atoms with E-state index in [1.54, 1.807) is 0 Å². The summed E-state index contributed by atoms with van der Waals surface area (Å²) < 4.78 is 24.6. The molecule has 26 heavy (non-hydrogen) atoms. The van der Waals surface area contributed by atoms with Crippen LogP contribution < -0.4 is 24.8 Å². The van der Waals surface area contributed by atoms with Crippen LogP contribution in [0, 0.1) is 5.82 Å². The highest BCUT2D eigenvalue weighted by atomic mass is 35.5. The first-order valence-electron chi connectivity index (χ1n) is 8.24. The van der Waals surface area contributed by atoms with Gasteiger partial charge in [-0.2, -0.15) is 0 Å². The first kappa shape index (κ1) is 17.8. The Bertz CT molecular complexity index is 739. The Kier molecular flexibility index (Phi) is 4.50. The molecule has 1 aliphatic heterocycles. The summed E-state index contributed by atoms with van der Waals surface area (Å²) in [6, 6.07) is 3.80. The van der Waals surface area contributed by atoms with Crippen molar-refractivity contribution in [3.05, 3.63) is 29.0 Å². The number of rotatable bonds is 6. The Morgan fingerprint density at radius 1 is 1.31 bits per heavy atom. The van der Waals surface area contributed by atoms with Gasteiger partial charge < -0.3 is 15.4 Å². The van der Waals surface area contributed by atoms with Crippen LogP contribution in [-0.4, -0.2) is 42.1 Å². The Balaban J connectivity index is 1.21. The molecule has 3 saturated carbocycles. The van der Waals surface area contributed by atoms with Crippen LogP contribution in [0.5, 0.6) is 5.75 Å². The first-order chi connectivity index (χ1) is 12.4. The quantitative estimate of drug-likeness (QED) is 0.530. The van der Waals surface area contributed by atoms with E-state index in [0.717, 1.165) is 25.3 Å². The Morgan fingerprint density at radius 3 is 2.69 bits per heavy atom. The van der Waals surface area contributed by atoms with Crippen molar-refractivity contribution in [2.24, 2.45) is 0 Å². The molecule has 5 rings (SSSR count). The van der Waals surface area contributed by atoms with E-state index in [-0.39, 0.29) is 46.3 Å². The number of benzene rings is 1. The van der Waals surface area contributed by atoms with Gasteiger partial charge in [0.15, 0.2) is 6.61 Å². The molecule has 1 aromatic carbocycles. The Morgan fingerprint density at radius 2 is 2.04 bits per heavy atom. The smallest absolute Gasteiger partial charge is 0.258 e. The molecule has 4 fully saturated rings. The fourth-order valence-electron chi connectivity index (χ4n) is 3.87. The number of carbonyl (C=O) groups excluding carboxylic acids is 2. The molecule has 7 nitrogen and oxygen atoms in total. The van der Waals surface area contributed by atoms with Crippen molar-refractivity contribution < 1.29 is 18.7 Å². The summed E-state index contributed by atoms with van der Waals surface area (Å²) in [5.41, 5.74) is -0.450. The minimum atomic E-state index is -0.591. The molecule has 1 heterocycles. The van der Waals surface area contributed by atoms with Crippen LogP contribution in [0.4, 0.5) is 4.39 Å². The normalized spacial score (nSPS) is 31.5. The number of ether oxygens (including phenoxy) is 1. The van der Waals surface area contributed by atoms with Crippen LogP contribution in [0.25, 0.3) is 0 Å². The van der Waals surface area contributed by atoms with E-state index in [9.17, 15) is 14.0 Å². The molecule has 1 atom stereocenters. The second kappa shape index (κ2) is 6.56. The van der Waals surface area contributed by atoms with E-state index in [4.69, 9.17) is 16.3 Å². The van der Waals surface area contributed by atoms with E-state index < -0.39 is 5.82 Å². The molecule has 4 aliphatic rings. The van der Waals surface area contributed by atoms with Gasteiger partial charge in [0.05, 0.1) is 5.02 Å². The van der Waals surface area contributed by atoms with Crippen molar-refractivity contribution in [1.29, 1.82) is 0 Å². The Hall–Kier alpha value is -1.55. The zero-order valence-corrected chi connectivity index (χ0v) is 15.3. The number of hydrogen-bond donors (Lipinski definition) is 4. The van der Waals surface area contributed by atoms with Crippen molar-refractivity contribution in [3.8, 4) is 5.75 Å². The fourth-order valence-corrected chi connectivity index (χ4v) is 4.66. The highest BCUT2D eigenvalue weighted by Gasteiger charge is 2.69. The summed E-state index contributed by atoms with van der Waals surface area (Å²) in [6.45, 7) is 0.397. The number of nitrogens with one attached hydrogen (secondary N) is 4. The summed E-state index contributed by atoms with van der Waals surface area (Å²) in [6.07, 6.45) is 2.17. The van der Waals surface area contributed by atoms with Gasteiger partial charge in [-0.25, -0.2) is 13.8 Å². The molecule has 1 unspecified atom stereocenters. The average Bonchev–Trinajstić information content (AvgIpc) is 3.07. The number of amides is 2. The standard InChI is InChI=1S/C16H18ClFN4O3S/c17-10-2-1-9(3-11(10)18)25-5-13(23)20-15-6-16(7-15,8-15)21-14(24)12-4-19-26-22-12/h1-3,12,19,22H,4-8H2,(H,20,23)(H,21,24). The first-order valence-corrected chi connectivity index (χ1v) is 9.43. The molecule has 2 amide bonds. The lowest BCUT2D eigenvalue weighted by Crippen LogP contribution is -2.84. The van der Waals surface area contributed by atoms with Crippen molar-refractivity contribution in [3.63, 3.8) is 0 Å². The second-order valence-corrected chi connectivity index (χ2v) is 8.25. The molecule has 1 saturated heterocycles. The molecule has 3 aliphatic carbocycles. The molecule has 2 bridgehead atoms. The van der Waals surface area contributed by atoms with Gasteiger partial charge in [-0.05, 0) is 31.4 Å². The number of hydrogen-bond acceptors (Lipinski definition) is 6. The van der Waals surface area contributed by atoms with Crippen molar-refractivity contribution in [1.82, 2.24) is 20.1 Å². The predicted molar refractivity (Wildman–Crippen MR) is 95.0 cm³/mol. The molecular formula is C16H18ClFN4O3S. The lowest BCUT2D eigenvalue weighted by molar-refractivity contribution is -0.151. The van der Waals surface area contributed by atoms with Gasteiger partial charge in [0.1, 0.15) is 17.6 Å². The lowest BCUT2D eigenvalue weighted by atomic mass is 9.44. The van der Waals surface area contributed by atoms with E-state index in [1.165, 1.54) is 24.3 Å². The summed E-state index contributed by atoms with van der Waals surface area (Å²) in [7, 11) is 0. The number of halogens is 2. The van der Waals surface area contributed by atoms with Gasteiger partial charge in [-0.15, -0.1) is 0 Å². The van der Waals surface area contributed by atoms with Gasteiger partial charge in [0.2, 0.25) is 5.91 Å². The van der Waals surface area contributed by atoms with Crippen LogP contribution in [0.1, 0.15) is 19.3 Å². The molecule has 0 aromatic heterocycles. The highest BCUT2D eigenvalue weighted by Crippen LogP contribution is 2.60. The predicted octanol–water partition coefficient (Wildman–Crippen LogP) is 0.890. The zero-order chi connectivity index (χ0) is 18.4. The molecule has 0 radical (unpaired) electrons. The van der Waals surface area contributed by atoms with Gasteiger partial charge in [0, 0.05) is 35.8 Å². The molecule has 140 valence electrons. The summed E-state index contributed by atoms with van der Waals surface area (Å²) in [5, 5.41) is 6.04. The Labute approximate surface area is 159 Å². The molecule has 10 heteroatoms. The third kappa shape index (κ3) is 3.36. The highest BCUT2D eigenvalue weighted by molar-refractivity contribution is 7.95. The molecule has 4 N–H and O–H groups in total. The fraction of sp³-hybridized carbons (Fsp3) is 0.500. The molecular weight excluding hydrogens is 383 g/mol. The van der Waals surface area contributed by atoms with Gasteiger partial charge in [0.25, 0.3) is 5.91 Å². The van der Waals surface area contributed by atoms with Crippen LogP contribution in [0.3, 0.4) is 0 Å². The average molecular weight is 401 g/mol. The molecule has 0 spiro atoms. The SMILES string of the molecule is O=C(COc1ccc(Cl)c(F)c1)NC12CC(NC(=O)C3CNSN3)(C1)C2. The van der Waals surface area contributed by atoms with Gasteiger partial charge in [-0.3, -0.25) is 9.59 Å². The monoisotopic (exact) mass is 400 g/mol. The minimum absolute atomic E-state index is 0.00481. The van der Waals surface area contributed by atoms with Crippen LogP contribution in [0.2, 0.25) is 5.02 Å². The third-order valence-electron chi connectivity index (χ3n) is 4.96. The van der Waals surface area contributed by atoms with Crippen molar-refractivity contribution >= 4 is 35.5 Å². The second-order valence-electron chi connectivity index (χ2n) is 7.11. The maximum Gasteiger partial charge on any atom is 0.258 e. The molecule has 1 aromatic rings. The van der Waals surface area contributed by atoms with E-state index in [2.05, 4.69) is 20.1 Å². The van der Waals surface area contributed by atoms with Crippen LogP contribution in [0.15, 0.2) is 18.2 Å². The maximum atomic E-state index is 13.3. The van der Waals surface area contributed by atoms with Crippen LogP contribution >= 0.6 is 23.7 Å². The lowest BCUT2D eigenvalue weighted by Gasteiger charge is -2.70. The van der Waals surface area contributed by atoms with E-state index in [0.29, 0.717) is 6.54 Å². The van der Waals surface area contributed by atoms with Gasteiger partial charge >= 0.3 is 0 Å². The van der Waals surface area contributed by atoms with E-state index >= 15 is 0 Å².